The van der Waals surface area contributed by atoms with E-state index in [-0.39, 0.29) is 5.82 Å². The third kappa shape index (κ3) is 4.73. The summed E-state index contributed by atoms with van der Waals surface area (Å²) >= 11 is 0. The second-order valence-electron chi connectivity index (χ2n) is 7.80. The molecular weight excluding hydrogens is 479 g/mol. The van der Waals surface area contributed by atoms with Gasteiger partial charge in [0.15, 0.2) is 11.0 Å². The van der Waals surface area contributed by atoms with Crippen molar-refractivity contribution in [2.24, 2.45) is 0 Å². The molecule has 5 rings (SSSR count). The standard InChI is InChI=1S/C27H21FN4O3S/c1-34-21-12-19(11-20(28)15-21)17-3-5-24(25(14-17)35-2)27-23-6-4-22(13-18(23)7-10-30-27)36(33)32-26-8-9-29-16-31-26/h3-16H,1-2H3,(H,29,31,32). The third-order valence-electron chi connectivity index (χ3n) is 5.63. The lowest BCUT2D eigenvalue weighted by Gasteiger charge is -2.14. The Morgan fingerprint density at radius 3 is 2.53 bits per heavy atom. The highest BCUT2D eigenvalue weighted by Crippen LogP contribution is 2.37. The molecule has 0 saturated heterocycles. The van der Waals surface area contributed by atoms with Crippen molar-refractivity contribution in [3.63, 3.8) is 0 Å². The molecule has 3 aromatic carbocycles. The fourth-order valence-corrected chi connectivity index (χ4v) is 4.76. The maximum Gasteiger partial charge on any atom is 0.151 e. The van der Waals surface area contributed by atoms with Crippen molar-refractivity contribution in [2.45, 2.75) is 4.90 Å². The van der Waals surface area contributed by atoms with Crippen LogP contribution in [0.3, 0.4) is 0 Å². The molecule has 0 aliphatic heterocycles. The van der Waals surface area contributed by atoms with Crippen molar-refractivity contribution in [1.82, 2.24) is 15.0 Å². The molecule has 2 aromatic heterocycles. The molecule has 1 atom stereocenters. The molecule has 0 fully saturated rings. The quantitative estimate of drug-likeness (QED) is 0.311. The molecule has 0 spiro atoms. The minimum atomic E-state index is -1.50. The van der Waals surface area contributed by atoms with Gasteiger partial charge in [-0.05, 0) is 65.0 Å². The summed E-state index contributed by atoms with van der Waals surface area (Å²) in [5.74, 6) is 1.12. The Labute approximate surface area is 209 Å². The molecule has 2 heterocycles. The van der Waals surface area contributed by atoms with Crippen LogP contribution in [0, 0.1) is 5.82 Å². The van der Waals surface area contributed by atoms with E-state index in [9.17, 15) is 8.60 Å². The summed E-state index contributed by atoms with van der Waals surface area (Å²) < 4.78 is 40.6. The van der Waals surface area contributed by atoms with E-state index in [4.69, 9.17) is 9.47 Å². The summed E-state index contributed by atoms with van der Waals surface area (Å²) in [5, 5.41) is 1.75. The molecule has 5 aromatic rings. The number of halogens is 1. The average molecular weight is 501 g/mol. The molecule has 1 unspecified atom stereocenters. The number of nitrogens with zero attached hydrogens (tertiary/aromatic N) is 3. The van der Waals surface area contributed by atoms with Gasteiger partial charge < -0.3 is 9.47 Å². The van der Waals surface area contributed by atoms with Gasteiger partial charge in [-0.1, -0.05) is 12.1 Å². The molecular formula is C27H21FN4O3S. The molecule has 36 heavy (non-hydrogen) atoms. The van der Waals surface area contributed by atoms with Crippen molar-refractivity contribution in [1.29, 1.82) is 0 Å². The number of nitrogens with one attached hydrogen (secondary N) is 1. The Hall–Kier alpha value is -4.37. The highest BCUT2D eigenvalue weighted by Gasteiger charge is 2.15. The van der Waals surface area contributed by atoms with Gasteiger partial charge in [0.2, 0.25) is 0 Å². The Bertz CT molecular complexity index is 1580. The molecule has 0 saturated carbocycles. The van der Waals surface area contributed by atoms with Crippen LogP contribution in [0.1, 0.15) is 0 Å². The van der Waals surface area contributed by atoms with Crippen LogP contribution in [0.2, 0.25) is 0 Å². The zero-order chi connectivity index (χ0) is 25.1. The Morgan fingerprint density at radius 1 is 0.861 bits per heavy atom. The van der Waals surface area contributed by atoms with Crippen LogP contribution in [-0.2, 0) is 11.0 Å². The van der Waals surface area contributed by atoms with Crippen LogP contribution >= 0.6 is 0 Å². The molecule has 0 amide bonds. The van der Waals surface area contributed by atoms with Crippen molar-refractivity contribution in [3.05, 3.63) is 91.3 Å². The van der Waals surface area contributed by atoms with Crippen molar-refractivity contribution in [3.8, 4) is 33.9 Å². The van der Waals surface area contributed by atoms with E-state index >= 15 is 0 Å². The van der Waals surface area contributed by atoms with E-state index in [2.05, 4.69) is 19.7 Å². The van der Waals surface area contributed by atoms with Crippen molar-refractivity contribution < 1.29 is 18.1 Å². The van der Waals surface area contributed by atoms with Crippen molar-refractivity contribution in [2.75, 3.05) is 18.9 Å². The number of hydrogen-bond donors (Lipinski definition) is 1. The lowest BCUT2D eigenvalue weighted by atomic mass is 9.98. The first-order valence-electron chi connectivity index (χ1n) is 10.9. The summed E-state index contributed by atoms with van der Waals surface area (Å²) in [6.45, 7) is 0. The predicted molar refractivity (Wildman–Crippen MR) is 138 cm³/mol. The summed E-state index contributed by atoms with van der Waals surface area (Å²) in [5.41, 5.74) is 2.95. The topological polar surface area (TPSA) is 86.2 Å². The van der Waals surface area contributed by atoms with E-state index in [1.165, 1.54) is 25.6 Å². The van der Waals surface area contributed by atoms with E-state index < -0.39 is 11.0 Å². The highest BCUT2D eigenvalue weighted by atomic mass is 32.2. The molecule has 0 aliphatic carbocycles. The normalized spacial score (nSPS) is 11.8. The molecule has 0 aliphatic rings. The van der Waals surface area contributed by atoms with Gasteiger partial charge in [0.1, 0.15) is 29.5 Å². The number of fused-ring (bicyclic) bond motifs is 1. The first-order chi connectivity index (χ1) is 17.6. The lowest BCUT2D eigenvalue weighted by molar-refractivity contribution is 0.411. The largest absolute Gasteiger partial charge is 0.497 e. The summed E-state index contributed by atoms with van der Waals surface area (Å²) in [6.07, 6.45) is 4.67. The van der Waals surface area contributed by atoms with Crippen LogP contribution in [0.4, 0.5) is 10.2 Å². The summed E-state index contributed by atoms with van der Waals surface area (Å²) in [4.78, 5) is 13.1. The maximum absolute atomic E-state index is 14.1. The maximum atomic E-state index is 14.1. The molecule has 180 valence electrons. The van der Waals surface area contributed by atoms with E-state index in [0.29, 0.717) is 33.5 Å². The number of rotatable bonds is 7. The SMILES string of the molecule is COc1cc(F)cc(-c2ccc(-c3nccc4cc(S(=O)Nc5ccncn5)ccc34)c(OC)c2)c1. The van der Waals surface area contributed by atoms with E-state index in [0.717, 1.165) is 21.9 Å². The number of aromatic nitrogens is 3. The van der Waals surface area contributed by atoms with Gasteiger partial charge in [-0.2, -0.15) is 0 Å². The van der Waals surface area contributed by atoms with Gasteiger partial charge in [-0.25, -0.2) is 18.6 Å². The Morgan fingerprint density at radius 2 is 1.75 bits per heavy atom. The van der Waals surface area contributed by atoms with Gasteiger partial charge in [0.05, 0.1) is 24.8 Å². The fraction of sp³-hybridized carbons (Fsp3) is 0.0741. The first-order valence-corrected chi connectivity index (χ1v) is 12.1. The van der Waals surface area contributed by atoms with E-state index in [1.807, 2.05) is 36.4 Å². The van der Waals surface area contributed by atoms with Crippen LogP contribution < -0.4 is 14.2 Å². The minimum Gasteiger partial charge on any atom is -0.497 e. The first kappa shape index (κ1) is 23.4. The molecule has 7 nitrogen and oxygen atoms in total. The molecule has 9 heteroatoms. The number of pyridine rings is 1. The van der Waals surface area contributed by atoms with Crippen LogP contribution in [-0.4, -0.2) is 33.4 Å². The monoisotopic (exact) mass is 500 g/mol. The summed E-state index contributed by atoms with van der Waals surface area (Å²) in [7, 11) is 1.58. The number of methoxy groups -OCH3 is 2. The average Bonchev–Trinajstić information content (AvgIpc) is 2.92. The van der Waals surface area contributed by atoms with Crippen LogP contribution in [0.15, 0.2) is 90.3 Å². The number of hydrogen-bond acceptors (Lipinski definition) is 6. The second kappa shape index (κ2) is 10.1. The predicted octanol–water partition coefficient (Wildman–Crippen LogP) is 5.65. The van der Waals surface area contributed by atoms with Gasteiger partial charge in [0.25, 0.3) is 0 Å². The van der Waals surface area contributed by atoms with Gasteiger partial charge in [0, 0.05) is 29.4 Å². The Balaban J connectivity index is 1.52. The minimum absolute atomic E-state index is 0.384. The molecule has 0 radical (unpaired) electrons. The fourth-order valence-electron chi connectivity index (χ4n) is 3.90. The van der Waals surface area contributed by atoms with E-state index in [1.54, 1.807) is 37.7 Å². The zero-order valence-electron chi connectivity index (χ0n) is 19.4. The number of ether oxygens (including phenoxy) is 2. The van der Waals surface area contributed by atoms with Crippen molar-refractivity contribution >= 4 is 27.6 Å². The summed E-state index contributed by atoms with van der Waals surface area (Å²) in [6, 6.07) is 19.2. The molecule has 0 bridgehead atoms. The highest BCUT2D eigenvalue weighted by molar-refractivity contribution is 7.86. The van der Waals surface area contributed by atoms with Crippen LogP contribution in [0.5, 0.6) is 11.5 Å². The zero-order valence-corrected chi connectivity index (χ0v) is 20.3. The van der Waals surface area contributed by atoms with Gasteiger partial charge >= 0.3 is 0 Å². The molecule has 1 N–H and O–H groups in total. The third-order valence-corrected chi connectivity index (χ3v) is 6.70. The second-order valence-corrected chi connectivity index (χ2v) is 9.02. The van der Waals surface area contributed by atoms with Gasteiger partial charge in [-0.15, -0.1) is 0 Å². The number of anilines is 1. The number of benzene rings is 3. The van der Waals surface area contributed by atoms with Gasteiger partial charge in [-0.3, -0.25) is 9.71 Å². The van der Waals surface area contributed by atoms with Crippen LogP contribution in [0.25, 0.3) is 33.2 Å². The smallest absolute Gasteiger partial charge is 0.151 e. The lowest BCUT2D eigenvalue weighted by Crippen LogP contribution is -2.06. The Kier molecular flexibility index (Phi) is 6.55.